The number of imidazole rings is 1. The zero-order valence-corrected chi connectivity index (χ0v) is 16.9. The standard InChI is InChI=1S/C21H24N4O2S/c1-3-13-8-9-17-14(10-13)11-18(28-17)21(27)24-23-20(26)12-19-22-15-6-4-5-7-16(15)25(19)2/h4-7,11,13H,3,8-10,12H2,1-2H3,(H,23,26)(H,24,27). The first-order valence-electron chi connectivity index (χ1n) is 9.66. The van der Waals surface area contributed by atoms with Gasteiger partial charge in [-0.2, -0.15) is 0 Å². The molecule has 2 N–H and O–H groups in total. The van der Waals surface area contributed by atoms with Gasteiger partial charge in [0.15, 0.2) is 0 Å². The second kappa shape index (κ2) is 7.75. The fourth-order valence-corrected chi connectivity index (χ4v) is 4.89. The first-order chi connectivity index (χ1) is 13.5. The van der Waals surface area contributed by atoms with Crippen molar-refractivity contribution < 1.29 is 9.59 Å². The van der Waals surface area contributed by atoms with Crippen molar-refractivity contribution in [1.29, 1.82) is 0 Å². The minimum absolute atomic E-state index is 0.102. The molecule has 0 fully saturated rings. The predicted octanol–water partition coefficient (Wildman–Crippen LogP) is 3.15. The zero-order chi connectivity index (χ0) is 19.7. The summed E-state index contributed by atoms with van der Waals surface area (Å²) in [6.45, 7) is 2.22. The lowest BCUT2D eigenvalue weighted by Crippen LogP contribution is -2.42. The van der Waals surface area contributed by atoms with E-state index in [4.69, 9.17) is 0 Å². The summed E-state index contributed by atoms with van der Waals surface area (Å²) in [6, 6.07) is 9.72. The average molecular weight is 397 g/mol. The third-order valence-electron chi connectivity index (χ3n) is 5.50. The second-order valence-corrected chi connectivity index (χ2v) is 8.47. The van der Waals surface area contributed by atoms with Gasteiger partial charge < -0.3 is 4.57 Å². The van der Waals surface area contributed by atoms with Crippen LogP contribution < -0.4 is 10.9 Å². The molecule has 0 saturated heterocycles. The molecule has 0 saturated carbocycles. The molecule has 28 heavy (non-hydrogen) atoms. The summed E-state index contributed by atoms with van der Waals surface area (Å²) in [4.78, 5) is 31.2. The Morgan fingerprint density at radius 2 is 2.11 bits per heavy atom. The number of aromatic nitrogens is 2. The van der Waals surface area contributed by atoms with E-state index in [-0.39, 0.29) is 18.2 Å². The van der Waals surface area contributed by atoms with Crippen LogP contribution in [0.15, 0.2) is 30.3 Å². The normalized spacial score (nSPS) is 16.0. The smallest absolute Gasteiger partial charge is 0.279 e. The van der Waals surface area contributed by atoms with E-state index in [9.17, 15) is 9.59 Å². The van der Waals surface area contributed by atoms with Crippen LogP contribution in [0.2, 0.25) is 0 Å². The highest BCUT2D eigenvalue weighted by atomic mass is 32.1. The van der Waals surface area contributed by atoms with Crippen molar-refractivity contribution >= 4 is 34.2 Å². The molecule has 3 aromatic rings. The van der Waals surface area contributed by atoms with Crippen LogP contribution in [0.3, 0.4) is 0 Å². The van der Waals surface area contributed by atoms with Gasteiger partial charge in [0.25, 0.3) is 5.91 Å². The molecule has 1 unspecified atom stereocenters. The third kappa shape index (κ3) is 3.67. The van der Waals surface area contributed by atoms with Gasteiger partial charge in [0.05, 0.1) is 22.3 Å². The average Bonchev–Trinajstić information content (AvgIpc) is 3.27. The molecule has 0 radical (unpaired) electrons. The topological polar surface area (TPSA) is 76.0 Å². The first kappa shape index (κ1) is 18.7. The van der Waals surface area contributed by atoms with Crippen molar-refractivity contribution in [2.75, 3.05) is 0 Å². The number of nitrogens with zero attached hydrogens (tertiary/aromatic N) is 2. The molecule has 1 aliphatic carbocycles. The van der Waals surface area contributed by atoms with Crippen LogP contribution in [0.4, 0.5) is 0 Å². The number of fused-ring (bicyclic) bond motifs is 2. The van der Waals surface area contributed by atoms with E-state index in [0.717, 1.165) is 23.9 Å². The lowest BCUT2D eigenvalue weighted by atomic mass is 9.87. The van der Waals surface area contributed by atoms with E-state index in [2.05, 4.69) is 22.8 Å². The first-order valence-corrected chi connectivity index (χ1v) is 10.5. The summed E-state index contributed by atoms with van der Waals surface area (Å²) >= 11 is 1.54. The van der Waals surface area contributed by atoms with Crippen LogP contribution in [0, 0.1) is 5.92 Å². The molecule has 7 heteroatoms. The molecule has 2 aromatic heterocycles. The Balaban J connectivity index is 1.36. The molecular weight excluding hydrogens is 372 g/mol. The largest absolute Gasteiger partial charge is 0.331 e. The molecule has 2 amide bonds. The fraction of sp³-hybridized carbons (Fsp3) is 0.381. The number of nitrogens with one attached hydrogen (secondary N) is 2. The van der Waals surface area contributed by atoms with Gasteiger partial charge in [-0.05, 0) is 48.9 Å². The van der Waals surface area contributed by atoms with E-state index >= 15 is 0 Å². The van der Waals surface area contributed by atoms with Crippen molar-refractivity contribution in [2.45, 2.75) is 39.0 Å². The molecule has 1 aromatic carbocycles. The Labute approximate surface area is 167 Å². The number of aryl methyl sites for hydroxylation is 2. The summed E-state index contributed by atoms with van der Waals surface area (Å²) in [6.07, 6.45) is 4.57. The molecule has 146 valence electrons. The zero-order valence-electron chi connectivity index (χ0n) is 16.1. The number of carbonyl (C=O) groups excluding carboxylic acids is 2. The number of hydrazine groups is 1. The Bertz CT molecular complexity index is 1040. The van der Waals surface area contributed by atoms with Crippen molar-refractivity contribution in [1.82, 2.24) is 20.4 Å². The Morgan fingerprint density at radius 3 is 2.89 bits per heavy atom. The van der Waals surface area contributed by atoms with Crippen molar-refractivity contribution in [2.24, 2.45) is 13.0 Å². The summed E-state index contributed by atoms with van der Waals surface area (Å²) in [5.74, 6) is 0.820. The van der Waals surface area contributed by atoms with E-state index in [1.807, 2.05) is 41.9 Å². The molecule has 0 bridgehead atoms. The van der Waals surface area contributed by atoms with E-state index in [1.165, 1.54) is 34.6 Å². The molecule has 0 aliphatic heterocycles. The minimum Gasteiger partial charge on any atom is -0.331 e. The van der Waals surface area contributed by atoms with Gasteiger partial charge >= 0.3 is 0 Å². The number of thiophene rings is 1. The van der Waals surface area contributed by atoms with Crippen LogP contribution in [0.25, 0.3) is 11.0 Å². The number of amides is 2. The third-order valence-corrected chi connectivity index (χ3v) is 6.74. The van der Waals surface area contributed by atoms with Crippen molar-refractivity contribution in [3.05, 3.63) is 51.5 Å². The van der Waals surface area contributed by atoms with Gasteiger partial charge in [-0.15, -0.1) is 11.3 Å². The van der Waals surface area contributed by atoms with E-state index < -0.39 is 0 Å². The maximum absolute atomic E-state index is 12.4. The Kier molecular flexibility index (Phi) is 5.17. The van der Waals surface area contributed by atoms with Gasteiger partial charge in [-0.3, -0.25) is 20.4 Å². The van der Waals surface area contributed by atoms with Crippen LogP contribution in [-0.2, 0) is 31.1 Å². The molecular formula is C21H24N4O2S. The summed E-state index contributed by atoms with van der Waals surface area (Å²) < 4.78 is 1.90. The lowest BCUT2D eigenvalue weighted by Gasteiger charge is -2.19. The van der Waals surface area contributed by atoms with Crippen LogP contribution >= 0.6 is 11.3 Å². The molecule has 4 rings (SSSR count). The summed E-state index contributed by atoms with van der Waals surface area (Å²) in [5, 5.41) is 0. The van der Waals surface area contributed by atoms with Crippen LogP contribution in [0.5, 0.6) is 0 Å². The monoisotopic (exact) mass is 396 g/mol. The predicted molar refractivity (Wildman–Crippen MR) is 110 cm³/mol. The summed E-state index contributed by atoms with van der Waals surface area (Å²) in [7, 11) is 1.89. The van der Waals surface area contributed by atoms with E-state index in [0.29, 0.717) is 16.6 Å². The molecule has 6 nitrogen and oxygen atoms in total. The molecule has 1 atom stereocenters. The quantitative estimate of drug-likeness (QED) is 0.665. The SMILES string of the molecule is CCC1CCc2sc(C(=O)NNC(=O)Cc3nc4ccccc4n3C)cc2C1. The number of para-hydroxylation sites is 2. The van der Waals surface area contributed by atoms with E-state index in [1.54, 1.807) is 0 Å². The summed E-state index contributed by atoms with van der Waals surface area (Å²) in [5.41, 5.74) is 8.18. The maximum Gasteiger partial charge on any atom is 0.279 e. The van der Waals surface area contributed by atoms with Crippen molar-refractivity contribution in [3.8, 4) is 0 Å². The number of benzene rings is 1. The van der Waals surface area contributed by atoms with Crippen molar-refractivity contribution in [3.63, 3.8) is 0 Å². The number of carbonyl (C=O) groups is 2. The number of hydrogen-bond donors (Lipinski definition) is 2. The molecule has 2 heterocycles. The maximum atomic E-state index is 12.4. The van der Waals surface area contributed by atoms with Crippen LogP contribution in [0.1, 0.15) is 45.7 Å². The van der Waals surface area contributed by atoms with Gasteiger partial charge in [0, 0.05) is 11.9 Å². The number of rotatable bonds is 4. The van der Waals surface area contributed by atoms with Gasteiger partial charge in [0.2, 0.25) is 5.91 Å². The second-order valence-electron chi connectivity index (χ2n) is 7.33. The minimum atomic E-state index is -0.292. The van der Waals surface area contributed by atoms with Gasteiger partial charge in [-0.25, -0.2) is 4.98 Å². The highest BCUT2D eigenvalue weighted by Gasteiger charge is 2.22. The highest BCUT2D eigenvalue weighted by molar-refractivity contribution is 7.14. The highest BCUT2D eigenvalue weighted by Crippen LogP contribution is 2.33. The lowest BCUT2D eigenvalue weighted by molar-refractivity contribution is -0.121. The molecule has 1 aliphatic rings. The van der Waals surface area contributed by atoms with Gasteiger partial charge in [-0.1, -0.05) is 25.5 Å². The molecule has 0 spiro atoms. The fourth-order valence-electron chi connectivity index (χ4n) is 3.79. The Hall–Kier alpha value is -2.67. The van der Waals surface area contributed by atoms with Gasteiger partial charge in [0.1, 0.15) is 5.82 Å². The Morgan fingerprint density at radius 1 is 1.29 bits per heavy atom. The number of hydrogen-bond acceptors (Lipinski definition) is 4. The van der Waals surface area contributed by atoms with Crippen LogP contribution in [-0.4, -0.2) is 21.4 Å².